The van der Waals surface area contributed by atoms with Crippen LogP contribution >= 0.6 is 11.6 Å². The van der Waals surface area contributed by atoms with E-state index in [9.17, 15) is 18.0 Å². The SMILES string of the molecule is O=C(NCc1cc(Cl)ccc1-n1cnnn1)C1CCN1.O=C(O)C(F)(F)F. The molecular formula is C14H14ClF3N6O3. The number of hydrogen-bond acceptors (Lipinski definition) is 6. The molecular weight excluding hydrogens is 393 g/mol. The van der Waals surface area contributed by atoms with Crippen LogP contribution in [0.2, 0.25) is 5.02 Å². The summed E-state index contributed by atoms with van der Waals surface area (Å²) in [6.45, 7) is 1.28. The second kappa shape index (κ2) is 8.77. The summed E-state index contributed by atoms with van der Waals surface area (Å²) in [7, 11) is 0. The number of alkyl halides is 3. The minimum absolute atomic E-state index is 0.00103. The third-order valence-corrected chi connectivity index (χ3v) is 3.71. The summed E-state index contributed by atoms with van der Waals surface area (Å²) in [6, 6.07) is 5.30. The molecule has 1 aromatic carbocycles. The van der Waals surface area contributed by atoms with Crippen LogP contribution in [0.3, 0.4) is 0 Å². The van der Waals surface area contributed by atoms with E-state index in [1.54, 1.807) is 16.8 Å². The fourth-order valence-corrected chi connectivity index (χ4v) is 2.20. The number of nitrogens with one attached hydrogen (secondary N) is 2. The summed E-state index contributed by atoms with van der Waals surface area (Å²) in [6.07, 6.45) is -2.71. The lowest BCUT2D eigenvalue weighted by Crippen LogP contribution is -2.53. The molecule has 0 bridgehead atoms. The molecule has 1 aromatic heterocycles. The molecule has 2 heterocycles. The minimum Gasteiger partial charge on any atom is -0.475 e. The zero-order valence-corrected chi connectivity index (χ0v) is 14.3. The van der Waals surface area contributed by atoms with Crippen molar-refractivity contribution in [2.45, 2.75) is 25.2 Å². The summed E-state index contributed by atoms with van der Waals surface area (Å²) in [4.78, 5) is 20.7. The van der Waals surface area contributed by atoms with Gasteiger partial charge in [0.2, 0.25) is 5.91 Å². The first-order valence-electron chi connectivity index (χ1n) is 7.51. The van der Waals surface area contributed by atoms with Gasteiger partial charge in [-0.1, -0.05) is 11.6 Å². The van der Waals surface area contributed by atoms with E-state index in [1.165, 1.54) is 6.33 Å². The Kier molecular flexibility index (Phi) is 6.69. The summed E-state index contributed by atoms with van der Waals surface area (Å²) in [5, 5.41) is 24.8. The van der Waals surface area contributed by atoms with E-state index in [0.717, 1.165) is 24.2 Å². The van der Waals surface area contributed by atoms with Gasteiger partial charge in [-0.3, -0.25) is 4.79 Å². The second-order valence-electron chi connectivity index (χ2n) is 5.34. The van der Waals surface area contributed by atoms with Crippen LogP contribution in [0.15, 0.2) is 24.5 Å². The lowest BCUT2D eigenvalue weighted by Gasteiger charge is -2.26. The van der Waals surface area contributed by atoms with Crippen LogP contribution in [0.4, 0.5) is 13.2 Å². The highest BCUT2D eigenvalue weighted by atomic mass is 35.5. The number of amides is 1. The van der Waals surface area contributed by atoms with Gasteiger partial charge in [0.05, 0.1) is 11.7 Å². The maximum atomic E-state index is 11.8. The maximum absolute atomic E-state index is 11.8. The zero-order valence-electron chi connectivity index (χ0n) is 13.6. The smallest absolute Gasteiger partial charge is 0.475 e. The van der Waals surface area contributed by atoms with Crippen LogP contribution < -0.4 is 10.6 Å². The molecule has 0 spiro atoms. The number of aliphatic carboxylic acids is 1. The van der Waals surface area contributed by atoms with E-state index in [4.69, 9.17) is 21.5 Å². The number of benzene rings is 1. The average Bonchev–Trinajstić information content (AvgIpc) is 3.05. The van der Waals surface area contributed by atoms with Gasteiger partial charge in [-0.05, 0) is 47.2 Å². The molecule has 1 aliphatic heterocycles. The molecule has 3 rings (SSSR count). The number of tetrazole rings is 1. The van der Waals surface area contributed by atoms with Crippen LogP contribution in [0.1, 0.15) is 12.0 Å². The Morgan fingerprint density at radius 3 is 2.56 bits per heavy atom. The van der Waals surface area contributed by atoms with Gasteiger partial charge >= 0.3 is 12.1 Å². The number of carboxylic acid groups (broad SMARTS) is 1. The number of halogens is 4. The molecule has 27 heavy (non-hydrogen) atoms. The molecule has 1 amide bonds. The largest absolute Gasteiger partial charge is 0.490 e. The van der Waals surface area contributed by atoms with E-state index in [1.807, 2.05) is 6.07 Å². The van der Waals surface area contributed by atoms with Crippen molar-refractivity contribution in [2.75, 3.05) is 6.54 Å². The van der Waals surface area contributed by atoms with Gasteiger partial charge in [-0.2, -0.15) is 13.2 Å². The zero-order chi connectivity index (χ0) is 20.0. The van der Waals surface area contributed by atoms with Gasteiger partial charge < -0.3 is 15.7 Å². The highest BCUT2D eigenvalue weighted by Gasteiger charge is 2.38. The average molecular weight is 407 g/mol. The third-order valence-electron chi connectivity index (χ3n) is 3.47. The Morgan fingerprint density at radius 2 is 2.07 bits per heavy atom. The first kappa shape index (κ1) is 20.6. The van der Waals surface area contributed by atoms with Crippen molar-refractivity contribution in [2.24, 2.45) is 0 Å². The molecule has 13 heteroatoms. The molecule has 146 valence electrons. The fraction of sp³-hybridized carbons (Fsp3) is 0.357. The van der Waals surface area contributed by atoms with Crippen LogP contribution in [-0.4, -0.2) is 56.0 Å². The first-order valence-corrected chi connectivity index (χ1v) is 7.89. The van der Waals surface area contributed by atoms with Gasteiger partial charge in [-0.15, -0.1) is 5.10 Å². The number of aromatic nitrogens is 4. The molecule has 0 saturated carbocycles. The normalized spacial score (nSPS) is 15.9. The minimum atomic E-state index is -5.08. The van der Waals surface area contributed by atoms with Crippen molar-refractivity contribution in [3.63, 3.8) is 0 Å². The Bertz CT molecular complexity index is 796. The standard InChI is InChI=1S/C12H13ClN6O.C2HF3O2/c13-9-1-2-11(19-7-16-17-18-19)8(5-9)6-15-12(20)10-3-4-14-10;3-2(4,5)1(6)7/h1-2,5,7,10,14H,3-4,6H2,(H,15,20);(H,6,7). The molecule has 0 aliphatic carbocycles. The monoisotopic (exact) mass is 406 g/mol. The molecule has 9 nitrogen and oxygen atoms in total. The Labute approximate surface area is 155 Å². The summed E-state index contributed by atoms with van der Waals surface area (Å²) in [5.41, 5.74) is 1.65. The third kappa shape index (κ3) is 5.89. The van der Waals surface area contributed by atoms with E-state index in [-0.39, 0.29) is 11.9 Å². The number of hydrogen-bond donors (Lipinski definition) is 3. The van der Waals surface area contributed by atoms with Crippen molar-refractivity contribution >= 4 is 23.5 Å². The van der Waals surface area contributed by atoms with E-state index < -0.39 is 12.1 Å². The topological polar surface area (TPSA) is 122 Å². The predicted octanol–water partition coefficient (Wildman–Crippen LogP) is 0.927. The first-order chi connectivity index (χ1) is 12.7. The van der Waals surface area contributed by atoms with Crippen LogP contribution in [0.25, 0.3) is 5.69 Å². The Morgan fingerprint density at radius 1 is 1.41 bits per heavy atom. The van der Waals surface area contributed by atoms with E-state index in [0.29, 0.717) is 11.6 Å². The molecule has 2 aromatic rings. The Balaban J connectivity index is 0.000000321. The quantitative estimate of drug-likeness (QED) is 0.690. The number of rotatable bonds is 4. The van der Waals surface area contributed by atoms with Gasteiger partial charge in [0.15, 0.2) is 0 Å². The highest BCUT2D eigenvalue weighted by molar-refractivity contribution is 6.30. The van der Waals surface area contributed by atoms with E-state index in [2.05, 4.69) is 26.2 Å². The Hall–Kier alpha value is -2.73. The van der Waals surface area contributed by atoms with Crippen molar-refractivity contribution in [3.05, 3.63) is 35.1 Å². The molecule has 1 fully saturated rings. The van der Waals surface area contributed by atoms with Crippen LogP contribution in [0, 0.1) is 0 Å². The highest BCUT2D eigenvalue weighted by Crippen LogP contribution is 2.19. The lowest BCUT2D eigenvalue weighted by atomic mass is 10.1. The molecule has 1 atom stereocenters. The summed E-state index contributed by atoms with van der Waals surface area (Å²) < 4.78 is 33.3. The number of carboxylic acids is 1. The molecule has 3 N–H and O–H groups in total. The van der Waals surface area contributed by atoms with Gasteiger partial charge in [0.1, 0.15) is 6.33 Å². The fourth-order valence-electron chi connectivity index (χ4n) is 2.01. The van der Waals surface area contributed by atoms with Crippen molar-refractivity contribution in [3.8, 4) is 5.69 Å². The van der Waals surface area contributed by atoms with Gasteiger partial charge in [-0.25, -0.2) is 9.48 Å². The second-order valence-corrected chi connectivity index (χ2v) is 5.78. The molecule has 1 aliphatic rings. The van der Waals surface area contributed by atoms with Crippen LogP contribution in [0.5, 0.6) is 0 Å². The molecule has 1 unspecified atom stereocenters. The lowest BCUT2D eigenvalue weighted by molar-refractivity contribution is -0.192. The van der Waals surface area contributed by atoms with Crippen molar-refractivity contribution < 1.29 is 27.9 Å². The maximum Gasteiger partial charge on any atom is 0.490 e. The van der Waals surface area contributed by atoms with Crippen molar-refractivity contribution in [1.29, 1.82) is 0 Å². The summed E-state index contributed by atoms with van der Waals surface area (Å²) in [5.74, 6) is -2.76. The molecule has 0 radical (unpaired) electrons. The van der Waals surface area contributed by atoms with Crippen LogP contribution in [-0.2, 0) is 16.1 Å². The number of carbonyl (C=O) groups is 2. The number of nitrogens with zero attached hydrogens (tertiary/aromatic N) is 4. The predicted molar refractivity (Wildman–Crippen MR) is 86.1 cm³/mol. The van der Waals surface area contributed by atoms with E-state index >= 15 is 0 Å². The summed E-state index contributed by atoms with van der Waals surface area (Å²) >= 11 is 6.01. The molecule has 1 saturated heterocycles. The van der Waals surface area contributed by atoms with Gasteiger partial charge in [0.25, 0.3) is 0 Å². The van der Waals surface area contributed by atoms with Crippen molar-refractivity contribution in [1.82, 2.24) is 30.8 Å². The number of carbonyl (C=O) groups excluding carboxylic acids is 1. The van der Waals surface area contributed by atoms with Gasteiger partial charge in [0, 0.05) is 11.6 Å².